The predicted molar refractivity (Wildman–Crippen MR) is 99.4 cm³/mol. The number of benzene rings is 1. The monoisotopic (exact) mass is 359 g/mol. The van der Waals surface area contributed by atoms with Gasteiger partial charge in [-0.15, -0.1) is 0 Å². The van der Waals surface area contributed by atoms with E-state index in [1.165, 1.54) is 7.11 Å². The van der Waals surface area contributed by atoms with E-state index in [0.29, 0.717) is 30.7 Å². The van der Waals surface area contributed by atoms with Gasteiger partial charge >= 0.3 is 0 Å². The van der Waals surface area contributed by atoms with Crippen molar-refractivity contribution in [3.05, 3.63) is 53.6 Å². The zero-order valence-electron chi connectivity index (χ0n) is 15.4. The van der Waals surface area contributed by atoms with Gasteiger partial charge in [-0.2, -0.15) is 4.98 Å². The second kappa shape index (κ2) is 11.1. The molecule has 0 unspecified atom stereocenters. The first-order chi connectivity index (χ1) is 12.8. The van der Waals surface area contributed by atoms with Gasteiger partial charge in [-0.1, -0.05) is 42.4 Å². The summed E-state index contributed by atoms with van der Waals surface area (Å²) in [5.41, 5.74) is 5.14. The Bertz CT molecular complexity index is 707. The molecule has 1 aromatic carbocycles. The Morgan fingerprint density at radius 1 is 1.08 bits per heavy atom. The molecule has 0 radical (unpaired) electrons. The van der Waals surface area contributed by atoms with Crippen molar-refractivity contribution in [2.24, 2.45) is 5.16 Å². The first-order valence-electron chi connectivity index (χ1n) is 8.48. The summed E-state index contributed by atoms with van der Waals surface area (Å²) >= 11 is 0. The highest BCUT2D eigenvalue weighted by atomic mass is 16.6. The van der Waals surface area contributed by atoms with E-state index in [1.54, 1.807) is 13.1 Å². The topological polar surface area (TPSA) is 74.2 Å². The Labute approximate surface area is 153 Å². The van der Waals surface area contributed by atoms with E-state index in [4.69, 9.17) is 19.1 Å². The molecule has 0 aliphatic heterocycles. The van der Waals surface area contributed by atoms with Crippen LogP contribution in [-0.2, 0) is 16.3 Å². The fourth-order valence-electron chi connectivity index (χ4n) is 2.25. The van der Waals surface area contributed by atoms with Gasteiger partial charge in [-0.3, -0.25) is 4.84 Å². The van der Waals surface area contributed by atoms with Gasteiger partial charge in [0.15, 0.2) is 0 Å². The summed E-state index contributed by atoms with van der Waals surface area (Å²) in [7, 11) is 3.20. The van der Waals surface area contributed by atoms with Crippen LogP contribution < -0.4 is 15.0 Å². The Hall–Kier alpha value is -2.64. The van der Waals surface area contributed by atoms with Crippen LogP contribution in [-0.4, -0.2) is 38.1 Å². The molecule has 2 rings (SSSR count). The number of nitrogens with zero attached hydrogens (tertiary/aromatic N) is 2. The number of hydroxylamine groups is 1. The number of hydrogen-bond acceptors (Lipinski definition) is 7. The first-order valence-corrected chi connectivity index (χ1v) is 8.48. The maximum Gasteiger partial charge on any atom is 0.216 e. The van der Waals surface area contributed by atoms with Gasteiger partial charge in [0.25, 0.3) is 0 Å². The highest BCUT2D eigenvalue weighted by molar-refractivity contribution is 6.02. The maximum atomic E-state index is 5.84. The van der Waals surface area contributed by atoms with Gasteiger partial charge in [-0.25, -0.2) is 5.48 Å². The minimum atomic E-state index is 0.264. The SMILES string of the molecule is CCCOc1cccc(OCc2ccccc2/C(CONC)=N/OC)n1. The van der Waals surface area contributed by atoms with Crippen LogP contribution in [0.15, 0.2) is 47.6 Å². The fraction of sp³-hybridized carbons (Fsp3) is 0.368. The highest BCUT2D eigenvalue weighted by Gasteiger charge is 2.11. The van der Waals surface area contributed by atoms with Crippen LogP contribution in [0.1, 0.15) is 24.5 Å². The van der Waals surface area contributed by atoms with Crippen LogP contribution in [0.25, 0.3) is 0 Å². The molecule has 1 aromatic heterocycles. The molecule has 0 saturated heterocycles. The molecule has 7 nitrogen and oxygen atoms in total. The molecule has 7 heteroatoms. The lowest BCUT2D eigenvalue weighted by molar-refractivity contribution is 0.0866. The Morgan fingerprint density at radius 2 is 1.85 bits per heavy atom. The van der Waals surface area contributed by atoms with Crippen molar-refractivity contribution in [1.82, 2.24) is 10.5 Å². The summed E-state index contributed by atoms with van der Waals surface area (Å²) in [5.74, 6) is 1.06. The Kier molecular flexibility index (Phi) is 8.38. The second-order valence-corrected chi connectivity index (χ2v) is 5.32. The molecule has 0 saturated carbocycles. The van der Waals surface area contributed by atoms with Crippen LogP contribution in [0, 0.1) is 0 Å². The number of nitrogens with one attached hydrogen (secondary N) is 1. The van der Waals surface area contributed by atoms with Crippen LogP contribution in [0.3, 0.4) is 0 Å². The minimum absolute atomic E-state index is 0.264. The smallest absolute Gasteiger partial charge is 0.216 e. The Balaban J connectivity index is 2.11. The zero-order chi connectivity index (χ0) is 18.6. The standard InChI is InChI=1S/C19H25N3O4/c1-4-12-24-18-10-7-11-19(21-18)25-13-15-8-5-6-9-16(15)17(22-23-3)14-26-20-2/h5-11,20H,4,12-14H2,1-3H3/b22-17+. The third kappa shape index (κ3) is 6.02. The van der Waals surface area contributed by atoms with E-state index < -0.39 is 0 Å². The normalized spacial score (nSPS) is 11.3. The van der Waals surface area contributed by atoms with Crippen molar-refractivity contribution in [3.8, 4) is 11.8 Å². The van der Waals surface area contributed by atoms with Crippen LogP contribution >= 0.6 is 0 Å². The summed E-state index contributed by atoms with van der Waals surface area (Å²) in [5, 5.41) is 4.06. The second-order valence-electron chi connectivity index (χ2n) is 5.32. The first kappa shape index (κ1) is 19.7. The van der Waals surface area contributed by atoms with E-state index in [1.807, 2.05) is 43.3 Å². The number of pyridine rings is 1. The van der Waals surface area contributed by atoms with Gasteiger partial charge in [0.1, 0.15) is 26.0 Å². The quantitative estimate of drug-likeness (QED) is 0.491. The molecule has 0 fully saturated rings. The van der Waals surface area contributed by atoms with Crippen LogP contribution in [0.4, 0.5) is 0 Å². The molecule has 0 atom stereocenters. The summed E-state index contributed by atoms with van der Waals surface area (Å²) in [6.45, 7) is 3.28. The summed E-state index contributed by atoms with van der Waals surface area (Å²) < 4.78 is 11.4. The van der Waals surface area contributed by atoms with E-state index >= 15 is 0 Å². The van der Waals surface area contributed by atoms with Gasteiger partial charge in [-0.05, 0) is 12.0 Å². The fourth-order valence-corrected chi connectivity index (χ4v) is 2.25. The molecular formula is C19H25N3O4. The summed E-state index contributed by atoms with van der Waals surface area (Å²) in [4.78, 5) is 14.5. The summed E-state index contributed by atoms with van der Waals surface area (Å²) in [6.07, 6.45) is 0.927. The number of hydrogen-bond donors (Lipinski definition) is 1. The molecule has 1 N–H and O–H groups in total. The van der Waals surface area contributed by atoms with Gasteiger partial charge in [0.05, 0.1) is 6.61 Å². The Morgan fingerprint density at radius 3 is 2.58 bits per heavy atom. The number of oxime groups is 1. The molecular weight excluding hydrogens is 334 g/mol. The molecule has 0 spiro atoms. The molecule has 0 aliphatic rings. The van der Waals surface area contributed by atoms with E-state index in [9.17, 15) is 0 Å². The molecule has 0 bridgehead atoms. The molecule has 26 heavy (non-hydrogen) atoms. The van der Waals surface area contributed by atoms with E-state index in [0.717, 1.165) is 17.5 Å². The lowest BCUT2D eigenvalue weighted by Gasteiger charge is -2.13. The third-order valence-corrected chi connectivity index (χ3v) is 3.41. The average Bonchev–Trinajstić information content (AvgIpc) is 2.68. The molecule has 0 aliphatic carbocycles. The van der Waals surface area contributed by atoms with E-state index in [-0.39, 0.29) is 6.61 Å². The van der Waals surface area contributed by atoms with Crippen LogP contribution in [0.5, 0.6) is 11.8 Å². The van der Waals surface area contributed by atoms with Gasteiger partial charge < -0.3 is 14.3 Å². The highest BCUT2D eigenvalue weighted by Crippen LogP contribution is 2.17. The summed E-state index contributed by atoms with van der Waals surface area (Å²) in [6, 6.07) is 13.3. The molecule has 140 valence electrons. The van der Waals surface area contributed by atoms with Gasteiger partial charge in [0, 0.05) is 24.7 Å². The molecule has 2 aromatic rings. The van der Waals surface area contributed by atoms with Crippen molar-refractivity contribution < 1.29 is 19.1 Å². The van der Waals surface area contributed by atoms with Crippen LogP contribution in [0.2, 0.25) is 0 Å². The van der Waals surface area contributed by atoms with Gasteiger partial charge in [0.2, 0.25) is 11.8 Å². The minimum Gasteiger partial charge on any atom is -0.478 e. The number of ether oxygens (including phenoxy) is 2. The largest absolute Gasteiger partial charge is 0.478 e. The lowest BCUT2D eigenvalue weighted by Crippen LogP contribution is -2.19. The number of aromatic nitrogens is 1. The van der Waals surface area contributed by atoms with Crippen molar-refractivity contribution >= 4 is 5.71 Å². The number of rotatable bonds is 11. The van der Waals surface area contributed by atoms with Crippen molar-refractivity contribution in [2.45, 2.75) is 20.0 Å². The molecule has 1 heterocycles. The van der Waals surface area contributed by atoms with Crippen molar-refractivity contribution in [2.75, 3.05) is 27.4 Å². The lowest BCUT2D eigenvalue weighted by atomic mass is 10.0. The predicted octanol–water partition coefficient (Wildman–Crippen LogP) is 2.95. The van der Waals surface area contributed by atoms with E-state index in [2.05, 4.69) is 15.6 Å². The van der Waals surface area contributed by atoms with Crippen molar-refractivity contribution in [3.63, 3.8) is 0 Å². The molecule has 0 amide bonds. The third-order valence-electron chi connectivity index (χ3n) is 3.41. The van der Waals surface area contributed by atoms with Crippen molar-refractivity contribution in [1.29, 1.82) is 0 Å². The average molecular weight is 359 g/mol. The zero-order valence-corrected chi connectivity index (χ0v) is 15.4. The maximum absolute atomic E-state index is 5.84.